The molecule has 0 atom stereocenters. The number of nitrogens with zero attached hydrogens (tertiary/aromatic N) is 1. The molecule has 3 nitrogen and oxygen atoms in total. The van der Waals surface area contributed by atoms with Crippen LogP contribution in [0.15, 0.2) is 54.6 Å². The molecule has 22 heavy (non-hydrogen) atoms. The summed E-state index contributed by atoms with van der Waals surface area (Å²) in [5.41, 5.74) is 2.58. The van der Waals surface area contributed by atoms with Gasteiger partial charge in [0.1, 0.15) is 12.4 Å². The van der Waals surface area contributed by atoms with Crippen LogP contribution in [0.4, 0.5) is 0 Å². The van der Waals surface area contributed by atoms with E-state index in [4.69, 9.17) is 4.74 Å². The Balaban J connectivity index is 1.45. The molecule has 0 spiro atoms. The molecule has 2 aromatic carbocycles. The first-order valence-corrected chi connectivity index (χ1v) is 8.09. The van der Waals surface area contributed by atoms with E-state index in [1.165, 1.54) is 11.1 Å². The van der Waals surface area contributed by atoms with Crippen LogP contribution in [0.2, 0.25) is 0 Å². The summed E-state index contributed by atoms with van der Waals surface area (Å²) in [5.74, 6) is 0.940. The van der Waals surface area contributed by atoms with Crippen molar-refractivity contribution in [1.29, 1.82) is 0 Å². The number of hydrogen-bond acceptors (Lipinski definition) is 3. The first-order valence-electron chi connectivity index (χ1n) is 8.09. The summed E-state index contributed by atoms with van der Waals surface area (Å²) in [7, 11) is 0. The monoisotopic (exact) mass is 296 g/mol. The van der Waals surface area contributed by atoms with E-state index in [-0.39, 0.29) is 0 Å². The summed E-state index contributed by atoms with van der Waals surface area (Å²) in [6, 6.07) is 18.8. The van der Waals surface area contributed by atoms with Crippen molar-refractivity contribution in [3.05, 3.63) is 65.7 Å². The molecule has 0 saturated carbocycles. The van der Waals surface area contributed by atoms with Crippen LogP contribution in [0, 0.1) is 0 Å². The minimum absolute atomic E-state index is 0.626. The van der Waals surface area contributed by atoms with Gasteiger partial charge in [-0.2, -0.15) is 0 Å². The summed E-state index contributed by atoms with van der Waals surface area (Å²) >= 11 is 0. The fourth-order valence-electron chi connectivity index (χ4n) is 2.72. The zero-order valence-corrected chi connectivity index (χ0v) is 13.0. The first kappa shape index (κ1) is 15.1. The zero-order chi connectivity index (χ0) is 15.0. The lowest BCUT2D eigenvalue weighted by atomic mass is 10.1. The summed E-state index contributed by atoms with van der Waals surface area (Å²) in [6.45, 7) is 6.34. The molecule has 0 amide bonds. The van der Waals surface area contributed by atoms with Crippen molar-refractivity contribution in [1.82, 2.24) is 10.2 Å². The normalized spacial score (nSPS) is 15.6. The van der Waals surface area contributed by atoms with Crippen molar-refractivity contribution in [2.75, 3.05) is 32.7 Å². The predicted molar refractivity (Wildman–Crippen MR) is 90.2 cm³/mol. The molecule has 1 aliphatic rings. The van der Waals surface area contributed by atoms with Crippen LogP contribution < -0.4 is 10.1 Å². The van der Waals surface area contributed by atoms with Crippen LogP contribution >= 0.6 is 0 Å². The smallest absolute Gasteiger partial charge is 0.119 e. The van der Waals surface area contributed by atoms with E-state index in [0.29, 0.717) is 6.61 Å². The lowest BCUT2D eigenvalue weighted by molar-refractivity contribution is 0.244. The number of rotatable bonds is 6. The number of nitrogens with one attached hydrogen (secondary N) is 1. The van der Waals surface area contributed by atoms with Gasteiger partial charge in [-0.3, -0.25) is 0 Å². The molecule has 1 heterocycles. The molecule has 1 aliphatic heterocycles. The predicted octanol–water partition coefficient (Wildman–Crippen LogP) is 2.71. The van der Waals surface area contributed by atoms with Crippen molar-refractivity contribution in [2.24, 2.45) is 0 Å². The van der Waals surface area contributed by atoms with Gasteiger partial charge in [0.05, 0.1) is 0 Å². The molecule has 1 saturated heterocycles. The summed E-state index contributed by atoms with van der Waals surface area (Å²) < 4.78 is 5.82. The van der Waals surface area contributed by atoms with Gasteiger partial charge in [0.2, 0.25) is 0 Å². The maximum absolute atomic E-state index is 5.82. The highest BCUT2D eigenvalue weighted by Crippen LogP contribution is 2.15. The van der Waals surface area contributed by atoms with E-state index in [0.717, 1.165) is 44.9 Å². The Morgan fingerprint density at radius 1 is 0.864 bits per heavy atom. The van der Waals surface area contributed by atoms with E-state index in [1.807, 2.05) is 18.2 Å². The average Bonchev–Trinajstić information content (AvgIpc) is 2.61. The van der Waals surface area contributed by atoms with Crippen molar-refractivity contribution in [3.8, 4) is 5.75 Å². The van der Waals surface area contributed by atoms with Gasteiger partial charge in [-0.1, -0.05) is 42.5 Å². The molecule has 3 heteroatoms. The van der Waals surface area contributed by atoms with Crippen molar-refractivity contribution < 1.29 is 4.74 Å². The van der Waals surface area contributed by atoms with Gasteiger partial charge >= 0.3 is 0 Å². The molecule has 2 aromatic rings. The minimum Gasteiger partial charge on any atom is -0.489 e. The summed E-state index contributed by atoms with van der Waals surface area (Å²) in [4.78, 5) is 2.52. The van der Waals surface area contributed by atoms with Crippen molar-refractivity contribution >= 4 is 0 Å². The molecule has 0 bridgehead atoms. The Labute approximate surface area is 132 Å². The Bertz CT molecular complexity index is 547. The lowest BCUT2D eigenvalue weighted by Gasteiger charge is -2.27. The molecule has 116 valence electrons. The van der Waals surface area contributed by atoms with Gasteiger partial charge in [-0.25, -0.2) is 0 Å². The number of benzene rings is 2. The highest BCUT2D eigenvalue weighted by molar-refractivity contribution is 5.28. The van der Waals surface area contributed by atoms with E-state index in [1.54, 1.807) is 0 Å². The molecule has 0 radical (unpaired) electrons. The fraction of sp³-hybridized carbons (Fsp3) is 0.368. The molecule has 3 rings (SSSR count). The van der Waals surface area contributed by atoms with Gasteiger partial charge in [0, 0.05) is 32.7 Å². The Morgan fingerprint density at radius 2 is 1.59 bits per heavy atom. The highest BCUT2D eigenvalue weighted by atomic mass is 16.5. The number of hydrogen-bond donors (Lipinski definition) is 1. The fourth-order valence-corrected chi connectivity index (χ4v) is 2.72. The third-order valence-corrected chi connectivity index (χ3v) is 4.10. The Morgan fingerprint density at radius 3 is 2.32 bits per heavy atom. The maximum Gasteiger partial charge on any atom is 0.119 e. The molecule has 0 aromatic heterocycles. The van der Waals surface area contributed by atoms with E-state index in [2.05, 4.69) is 46.6 Å². The molecule has 1 fully saturated rings. The molecule has 1 N–H and O–H groups in total. The topological polar surface area (TPSA) is 24.5 Å². The second-order valence-electron chi connectivity index (χ2n) is 5.76. The van der Waals surface area contributed by atoms with E-state index >= 15 is 0 Å². The molecular formula is C19H24N2O. The maximum atomic E-state index is 5.82. The standard InChI is InChI=1S/C19H24N2O/c1-2-4-18(5-3-1)16-22-19-8-6-17(7-9-19)10-13-21-14-11-20-12-15-21/h1-9,20H,10-16H2. The molecule has 0 aliphatic carbocycles. The Hall–Kier alpha value is -1.84. The minimum atomic E-state index is 0.626. The van der Waals surface area contributed by atoms with E-state index < -0.39 is 0 Å². The quantitative estimate of drug-likeness (QED) is 0.887. The van der Waals surface area contributed by atoms with Crippen LogP contribution in [0.25, 0.3) is 0 Å². The van der Waals surface area contributed by atoms with Crippen LogP contribution in [0.3, 0.4) is 0 Å². The SMILES string of the molecule is c1ccc(COc2ccc(CCN3CCNCC3)cc2)cc1. The highest BCUT2D eigenvalue weighted by Gasteiger charge is 2.08. The molecular weight excluding hydrogens is 272 g/mol. The van der Waals surface area contributed by atoms with Crippen LogP contribution in [-0.4, -0.2) is 37.6 Å². The van der Waals surface area contributed by atoms with Crippen LogP contribution in [0.5, 0.6) is 5.75 Å². The number of piperazine rings is 1. The van der Waals surface area contributed by atoms with Crippen LogP contribution in [-0.2, 0) is 13.0 Å². The van der Waals surface area contributed by atoms with Crippen LogP contribution in [0.1, 0.15) is 11.1 Å². The Kier molecular flexibility index (Phi) is 5.46. The van der Waals surface area contributed by atoms with Gasteiger partial charge in [0.15, 0.2) is 0 Å². The second kappa shape index (κ2) is 7.97. The summed E-state index contributed by atoms with van der Waals surface area (Å²) in [6.07, 6.45) is 1.11. The molecule has 0 unspecified atom stereocenters. The van der Waals surface area contributed by atoms with E-state index in [9.17, 15) is 0 Å². The first-order chi connectivity index (χ1) is 10.9. The van der Waals surface area contributed by atoms with Gasteiger partial charge in [0.25, 0.3) is 0 Å². The summed E-state index contributed by atoms with van der Waals surface area (Å²) in [5, 5.41) is 3.39. The average molecular weight is 296 g/mol. The zero-order valence-electron chi connectivity index (χ0n) is 13.0. The van der Waals surface area contributed by atoms with Crippen molar-refractivity contribution in [2.45, 2.75) is 13.0 Å². The second-order valence-corrected chi connectivity index (χ2v) is 5.76. The number of ether oxygens (including phenoxy) is 1. The largest absolute Gasteiger partial charge is 0.489 e. The lowest BCUT2D eigenvalue weighted by Crippen LogP contribution is -2.44. The van der Waals surface area contributed by atoms with Gasteiger partial charge in [-0.15, -0.1) is 0 Å². The van der Waals surface area contributed by atoms with Crippen molar-refractivity contribution in [3.63, 3.8) is 0 Å². The third-order valence-electron chi connectivity index (χ3n) is 4.10. The van der Waals surface area contributed by atoms with Gasteiger partial charge in [-0.05, 0) is 29.7 Å². The third kappa shape index (κ3) is 4.58. The van der Waals surface area contributed by atoms with Gasteiger partial charge < -0.3 is 15.0 Å².